The number of nitrogens with zero attached hydrogens (tertiary/aromatic N) is 2. The smallest absolute Gasteiger partial charge is 0.423 e. The van der Waals surface area contributed by atoms with E-state index < -0.39 is 7.12 Å². The third-order valence-corrected chi connectivity index (χ3v) is 3.02. The molecular weight excluding hydrogens is 257 g/mol. The molecule has 20 heavy (non-hydrogen) atoms. The summed E-state index contributed by atoms with van der Waals surface area (Å²) in [5, 5.41) is 14.5. The van der Waals surface area contributed by atoms with Crippen molar-refractivity contribution in [1.82, 2.24) is 14.8 Å². The Hall–Kier alpha value is -2.38. The summed E-state index contributed by atoms with van der Waals surface area (Å²) in [6, 6.07) is 10.8. The molecule has 2 aromatic heterocycles. The average molecular weight is 269 g/mol. The first-order valence-corrected chi connectivity index (χ1v) is 6.13. The van der Waals surface area contributed by atoms with Gasteiger partial charge in [0.1, 0.15) is 6.73 Å². The number of benzene rings is 1. The molecule has 0 spiro atoms. The molecule has 7 heteroatoms. The molecule has 0 saturated carbocycles. The molecule has 6 nitrogen and oxygen atoms in total. The van der Waals surface area contributed by atoms with Crippen molar-refractivity contribution in [2.45, 2.75) is 6.73 Å². The highest BCUT2D eigenvalue weighted by atomic mass is 16.5. The van der Waals surface area contributed by atoms with Crippen molar-refractivity contribution < 1.29 is 9.68 Å². The third kappa shape index (κ3) is 2.36. The van der Waals surface area contributed by atoms with Crippen LogP contribution in [-0.2, 0) is 11.4 Å². The molecule has 3 rings (SSSR count). The number of pyridine rings is 1. The molecule has 0 fully saturated rings. The van der Waals surface area contributed by atoms with Crippen molar-refractivity contribution in [2.75, 3.05) is 0 Å². The van der Waals surface area contributed by atoms with Crippen molar-refractivity contribution in [3.63, 3.8) is 0 Å². The van der Waals surface area contributed by atoms with Crippen LogP contribution in [0.4, 0.5) is 0 Å². The Morgan fingerprint density at radius 2 is 2.10 bits per heavy atom. The van der Waals surface area contributed by atoms with Gasteiger partial charge >= 0.3 is 7.12 Å². The Morgan fingerprint density at radius 1 is 1.30 bits per heavy atom. The van der Waals surface area contributed by atoms with E-state index >= 15 is 0 Å². The molecule has 0 aliphatic carbocycles. The van der Waals surface area contributed by atoms with E-state index in [0.717, 1.165) is 0 Å². The lowest BCUT2D eigenvalue weighted by Gasteiger charge is -2.09. The predicted octanol–water partition coefficient (Wildman–Crippen LogP) is 0.0864. The maximum absolute atomic E-state index is 11.6. The minimum atomic E-state index is -1.03. The van der Waals surface area contributed by atoms with Crippen LogP contribution in [0, 0.1) is 0 Å². The van der Waals surface area contributed by atoms with Gasteiger partial charge in [-0.3, -0.25) is 4.79 Å². The van der Waals surface area contributed by atoms with Gasteiger partial charge in [0.2, 0.25) is 0 Å². The molecule has 2 N–H and O–H groups in total. The van der Waals surface area contributed by atoms with E-state index in [4.69, 9.17) is 4.65 Å². The number of aromatic amines is 1. The Balaban J connectivity index is 1.78. The highest BCUT2D eigenvalue weighted by Gasteiger charge is 2.16. The molecule has 0 amide bonds. The van der Waals surface area contributed by atoms with Crippen molar-refractivity contribution in [3.05, 3.63) is 59.1 Å². The van der Waals surface area contributed by atoms with Gasteiger partial charge in [-0.2, -0.15) is 5.10 Å². The van der Waals surface area contributed by atoms with Gasteiger partial charge in [0.25, 0.3) is 5.56 Å². The number of aromatic nitrogens is 3. The lowest BCUT2D eigenvalue weighted by molar-refractivity contribution is 0.194. The van der Waals surface area contributed by atoms with Gasteiger partial charge in [0.15, 0.2) is 0 Å². The molecule has 0 atom stereocenters. The fourth-order valence-corrected chi connectivity index (χ4v) is 1.98. The highest BCUT2D eigenvalue weighted by Crippen LogP contribution is 2.07. The van der Waals surface area contributed by atoms with Crippen LogP contribution in [0.2, 0.25) is 0 Å². The number of nitrogens with one attached hydrogen (secondary N) is 1. The zero-order valence-electron chi connectivity index (χ0n) is 10.6. The normalized spacial score (nSPS) is 10.8. The molecule has 0 unspecified atom stereocenters. The van der Waals surface area contributed by atoms with E-state index in [1.54, 1.807) is 24.4 Å². The van der Waals surface area contributed by atoms with E-state index in [9.17, 15) is 9.82 Å². The second-order valence-electron chi connectivity index (χ2n) is 4.31. The molecule has 0 bridgehead atoms. The summed E-state index contributed by atoms with van der Waals surface area (Å²) in [6.45, 7) is 0.0585. The van der Waals surface area contributed by atoms with Crippen LogP contribution >= 0.6 is 0 Å². The highest BCUT2D eigenvalue weighted by molar-refractivity contribution is 6.59. The van der Waals surface area contributed by atoms with E-state index in [1.807, 2.05) is 18.2 Å². The Morgan fingerprint density at radius 3 is 2.90 bits per heavy atom. The number of fused-ring (bicyclic) bond motifs is 1. The second-order valence-corrected chi connectivity index (χ2v) is 4.31. The van der Waals surface area contributed by atoms with E-state index in [-0.39, 0.29) is 12.3 Å². The Labute approximate surface area is 114 Å². The van der Waals surface area contributed by atoms with Crippen LogP contribution in [0.5, 0.6) is 0 Å². The molecule has 0 aliphatic rings. The molecule has 100 valence electrons. The standard InChI is InChI=1S/C13H12BN3O3/c18-13-11-8-16-17(12(11)6-7-15-13)9-20-14(19)10-4-2-1-3-5-10/h1-8,19H,9H2,(H,15,18). The third-order valence-electron chi connectivity index (χ3n) is 3.02. The number of rotatable bonds is 4. The van der Waals surface area contributed by atoms with Crippen LogP contribution in [-0.4, -0.2) is 26.9 Å². The van der Waals surface area contributed by atoms with Crippen LogP contribution in [0.3, 0.4) is 0 Å². The molecule has 1 aromatic carbocycles. The predicted molar refractivity (Wildman–Crippen MR) is 75.5 cm³/mol. The molecule has 2 heterocycles. The van der Waals surface area contributed by atoms with Gasteiger partial charge < -0.3 is 14.7 Å². The van der Waals surface area contributed by atoms with Crippen LogP contribution in [0.25, 0.3) is 10.9 Å². The van der Waals surface area contributed by atoms with Gasteiger partial charge in [-0.25, -0.2) is 4.68 Å². The first-order chi connectivity index (χ1) is 9.75. The molecular formula is C13H12BN3O3. The average Bonchev–Trinajstić information content (AvgIpc) is 2.90. The number of hydrogen-bond acceptors (Lipinski definition) is 4. The molecule has 3 aromatic rings. The van der Waals surface area contributed by atoms with Crippen molar-refractivity contribution in [2.24, 2.45) is 0 Å². The van der Waals surface area contributed by atoms with Gasteiger partial charge in [-0.15, -0.1) is 0 Å². The maximum Gasteiger partial charge on any atom is 0.492 e. The largest absolute Gasteiger partial charge is 0.492 e. The summed E-state index contributed by atoms with van der Waals surface area (Å²) >= 11 is 0. The maximum atomic E-state index is 11.6. The van der Waals surface area contributed by atoms with Crippen LogP contribution < -0.4 is 11.0 Å². The fourth-order valence-electron chi connectivity index (χ4n) is 1.98. The fraction of sp³-hybridized carbons (Fsp3) is 0.0769. The van der Waals surface area contributed by atoms with Gasteiger partial charge in [-0.05, 0) is 11.5 Å². The molecule has 0 saturated heterocycles. The molecule has 0 radical (unpaired) electrons. The number of hydrogen-bond donors (Lipinski definition) is 2. The lowest BCUT2D eigenvalue weighted by Crippen LogP contribution is -2.34. The second kappa shape index (κ2) is 5.32. The van der Waals surface area contributed by atoms with Crippen molar-refractivity contribution in [1.29, 1.82) is 0 Å². The van der Waals surface area contributed by atoms with E-state index in [0.29, 0.717) is 16.4 Å². The lowest BCUT2D eigenvalue weighted by atomic mass is 9.80. The summed E-state index contributed by atoms with van der Waals surface area (Å²) < 4.78 is 6.89. The van der Waals surface area contributed by atoms with Crippen LogP contribution in [0.1, 0.15) is 0 Å². The zero-order chi connectivity index (χ0) is 13.9. The monoisotopic (exact) mass is 269 g/mol. The van der Waals surface area contributed by atoms with Crippen LogP contribution in [0.15, 0.2) is 53.6 Å². The molecule has 0 aliphatic heterocycles. The summed E-state index contributed by atoms with van der Waals surface area (Å²) in [6.07, 6.45) is 3.03. The minimum absolute atomic E-state index is 0.0585. The van der Waals surface area contributed by atoms with E-state index in [1.165, 1.54) is 10.9 Å². The van der Waals surface area contributed by atoms with Gasteiger partial charge in [-0.1, -0.05) is 30.3 Å². The van der Waals surface area contributed by atoms with Crippen molar-refractivity contribution >= 4 is 23.5 Å². The van der Waals surface area contributed by atoms with Crippen molar-refractivity contribution in [3.8, 4) is 0 Å². The van der Waals surface area contributed by atoms with Gasteiger partial charge in [0.05, 0.1) is 17.1 Å². The summed E-state index contributed by atoms with van der Waals surface area (Å²) in [4.78, 5) is 14.1. The SMILES string of the molecule is O=c1[nH]ccc2c1cnn2COB(O)c1ccccc1. The van der Waals surface area contributed by atoms with E-state index in [2.05, 4.69) is 10.1 Å². The zero-order valence-corrected chi connectivity index (χ0v) is 10.6. The van der Waals surface area contributed by atoms with Gasteiger partial charge in [0, 0.05) is 6.20 Å². The first-order valence-electron chi connectivity index (χ1n) is 6.13. The summed E-state index contributed by atoms with van der Waals surface area (Å²) in [7, 11) is -1.03. The topological polar surface area (TPSA) is 80.1 Å². The Bertz CT molecular complexity index is 769. The Kier molecular flexibility index (Phi) is 3.36. The number of H-pyrrole nitrogens is 1. The summed E-state index contributed by atoms with van der Waals surface area (Å²) in [5.41, 5.74) is 1.13. The quantitative estimate of drug-likeness (QED) is 0.658. The minimum Gasteiger partial charge on any atom is -0.423 e. The first kappa shape index (κ1) is 12.6. The summed E-state index contributed by atoms with van der Waals surface area (Å²) in [5.74, 6) is 0.